The average molecular weight is 470 g/mol. The van der Waals surface area contributed by atoms with Crippen molar-refractivity contribution in [2.24, 2.45) is 0 Å². The molecule has 0 atom stereocenters. The van der Waals surface area contributed by atoms with Crippen LogP contribution < -0.4 is 10.6 Å². The van der Waals surface area contributed by atoms with Crippen LogP contribution in [-0.2, 0) is 21.2 Å². The molecule has 2 aliphatic rings. The fourth-order valence-electron chi connectivity index (χ4n) is 3.98. The maximum absolute atomic E-state index is 12.9. The van der Waals surface area contributed by atoms with Crippen molar-refractivity contribution < 1.29 is 18.0 Å². The highest BCUT2D eigenvalue weighted by molar-refractivity contribution is 7.89. The van der Waals surface area contributed by atoms with Gasteiger partial charge in [-0.1, -0.05) is 31.0 Å². The predicted molar refractivity (Wildman–Crippen MR) is 128 cm³/mol. The topological polar surface area (TPSA) is 95.6 Å². The highest BCUT2D eigenvalue weighted by Crippen LogP contribution is 2.22. The number of hydrogen-bond donors (Lipinski definition) is 2. The van der Waals surface area contributed by atoms with Gasteiger partial charge in [-0.2, -0.15) is 4.31 Å². The fraction of sp³-hybridized carbons (Fsp3) is 0.440. The highest BCUT2D eigenvalue weighted by atomic mass is 32.2. The third kappa shape index (κ3) is 6.42. The molecule has 0 aromatic heterocycles. The van der Waals surface area contributed by atoms with Crippen LogP contribution in [0.3, 0.4) is 0 Å². The summed E-state index contributed by atoms with van der Waals surface area (Å²) in [6, 6.07) is 14.0. The smallest absolute Gasteiger partial charge is 0.251 e. The fourth-order valence-corrected chi connectivity index (χ4v) is 5.49. The van der Waals surface area contributed by atoms with Gasteiger partial charge in [0.25, 0.3) is 5.91 Å². The number of aryl methyl sites for hydroxylation is 1. The number of amides is 2. The van der Waals surface area contributed by atoms with E-state index in [9.17, 15) is 18.0 Å². The summed E-state index contributed by atoms with van der Waals surface area (Å²) < 4.78 is 27.4. The largest absolute Gasteiger partial charge is 0.349 e. The van der Waals surface area contributed by atoms with Crippen LogP contribution in [0.4, 0.5) is 5.69 Å². The van der Waals surface area contributed by atoms with Gasteiger partial charge < -0.3 is 10.6 Å². The molecule has 33 heavy (non-hydrogen) atoms. The first-order chi connectivity index (χ1) is 15.9. The van der Waals surface area contributed by atoms with Gasteiger partial charge in [-0.3, -0.25) is 9.59 Å². The second-order valence-corrected chi connectivity index (χ2v) is 10.8. The molecular weight excluding hydrogens is 438 g/mol. The zero-order valence-corrected chi connectivity index (χ0v) is 19.6. The van der Waals surface area contributed by atoms with E-state index >= 15 is 0 Å². The first-order valence-electron chi connectivity index (χ1n) is 11.7. The summed E-state index contributed by atoms with van der Waals surface area (Å²) >= 11 is 0. The van der Waals surface area contributed by atoms with E-state index < -0.39 is 10.0 Å². The van der Waals surface area contributed by atoms with Gasteiger partial charge in [-0.05, 0) is 68.0 Å². The lowest BCUT2D eigenvalue weighted by atomic mass is 10.1. The Hall–Kier alpha value is -2.71. The molecule has 2 aromatic carbocycles. The van der Waals surface area contributed by atoms with Gasteiger partial charge in [0.2, 0.25) is 15.9 Å². The first-order valence-corrected chi connectivity index (χ1v) is 13.2. The molecule has 1 aliphatic carbocycles. The third-order valence-corrected chi connectivity index (χ3v) is 8.00. The second-order valence-electron chi connectivity index (χ2n) is 8.84. The van der Waals surface area contributed by atoms with Gasteiger partial charge in [0, 0.05) is 36.8 Å². The van der Waals surface area contributed by atoms with Gasteiger partial charge in [0.1, 0.15) is 0 Å². The Balaban J connectivity index is 1.30. The first kappa shape index (κ1) is 23.4. The number of carbonyl (C=O) groups excluding carboxylic acids is 2. The molecule has 0 spiro atoms. The summed E-state index contributed by atoms with van der Waals surface area (Å²) in [5, 5.41) is 5.78. The quantitative estimate of drug-likeness (QED) is 0.616. The van der Waals surface area contributed by atoms with Crippen LogP contribution in [0, 0.1) is 0 Å². The van der Waals surface area contributed by atoms with Crippen molar-refractivity contribution >= 4 is 27.5 Å². The Morgan fingerprint density at radius 2 is 1.64 bits per heavy atom. The van der Waals surface area contributed by atoms with Crippen LogP contribution in [0.15, 0.2) is 53.4 Å². The van der Waals surface area contributed by atoms with Crippen LogP contribution in [-0.4, -0.2) is 43.7 Å². The van der Waals surface area contributed by atoms with Crippen molar-refractivity contribution in [3.63, 3.8) is 0 Å². The summed E-state index contributed by atoms with van der Waals surface area (Å²) in [6.07, 6.45) is 6.76. The van der Waals surface area contributed by atoms with Gasteiger partial charge >= 0.3 is 0 Å². The van der Waals surface area contributed by atoms with E-state index in [1.54, 1.807) is 52.8 Å². The minimum absolute atomic E-state index is 0.121. The number of hydrogen-bond acceptors (Lipinski definition) is 4. The van der Waals surface area contributed by atoms with E-state index in [0.717, 1.165) is 44.1 Å². The maximum Gasteiger partial charge on any atom is 0.251 e. The molecule has 0 unspecified atom stereocenters. The molecule has 1 saturated heterocycles. The molecule has 1 saturated carbocycles. The molecule has 0 bridgehead atoms. The summed E-state index contributed by atoms with van der Waals surface area (Å²) in [5.74, 6) is -0.278. The van der Waals surface area contributed by atoms with Crippen LogP contribution >= 0.6 is 0 Å². The number of nitrogens with one attached hydrogen (secondary N) is 2. The van der Waals surface area contributed by atoms with Crippen molar-refractivity contribution in [2.75, 3.05) is 18.4 Å². The zero-order valence-electron chi connectivity index (χ0n) is 18.8. The zero-order chi connectivity index (χ0) is 23.3. The van der Waals surface area contributed by atoms with E-state index in [1.165, 1.54) is 0 Å². The van der Waals surface area contributed by atoms with Gasteiger partial charge in [0.15, 0.2) is 0 Å². The van der Waals surface area contributed by atoms with E-state index in [2.05, 4.69) is 10.6 Å². The molecule has 176 valence electrons. The molecule has 2 aromatic rings. The van der Waals surface area contributed by atoms with E-state index in [1.807, 2.05) is 0 Å². The van der Waals surface area contributed by atoms with Crippen molar-refractivity contribution in [2.45, 2.75) is 62.3 Å². The Bertz CT molecular complexity index is 1090. The number of rotatable bonds is 8. The summed E-state index contributed by atoms with van der Waals surface area (Å²) in [4.78, 5) is 24.9. The molecule has 8 heteroatoms. The van der Waals surface area contributed by atoms with E-state index in [4.69, 9.17) is 0 Å². The van der Waals surface area contributed by atoms with Gasteiger partial charge in [-0.15, -0.1) is 0 Å². The SMILES string of the molecule is O=C(CCc1ccc(S(=O)(=O)N2CCCCCC2)cc1)Nc1cccc(C(=O)NC2CC2)c1. The monoisotopic (exact) mass is 469 g/mol. The molecular formula is C25H31N3O4S. The second kappa shape index (κ2) is 10.5. The van der Waals surface area contributed by atoms with Crippen LogP contribution in [0.1, 0.15) is 60.9 Å². The molecule has 2 N–H and O–H groups in total. The minimum atomic E-state index is -3.47. The standard InChI is InChI=1S/C25H31N3O4S/c29-24(26-22-7-5-6-20(18-22)25(30)27-21-11-12-21)15-10-19-8-13-23(14-9-19)33(31,32)28-16-3-1-2-4-17-28/h5-9,13-14,18,21H,1-4,10-12,15-17H2,(H,26,29)(H,27,30). The number of nitrogens with zero attached hydrogens (tertiary/aromatic N) is 1. The van der Waals surface area contributed by atoms with E-state index in [-0.39, 0.29) is 24.3 Å². The van der Waals surface area contributed by atoms with Crippen molar-refractivity contribution in [3.8, 4) is 0 Å². The average Bonchev–Trinajstić information content (AvgIpc) is 3.65. The van der Waals surface area contributed by atoms with Crippen molar-refractivity contribution in [3.05, 3.63) is 59.7 Å². The van der Waals surface area contributed by atoms with Gasteiger partial charge in [-0.25, -0.2) is 8.42 Å². The molecule has 1 heterocycles. The minimum Gasteiger partial charge on any atom is -0.349 e. The molecule has 2 amide bonds. The Labute approximate surface area is 195 Å². The lowest BCUT2D eigenvalue weighted by Crippen LogP contribution is -2.31. The summed E-state index contributed by atoms with van der Waals surface area (Å²) in [5.41, 5.74) is 2.01. The maximum atomic E-state index is 12.9. The number of benzene rings is 2. The molecule has 1 aliphatic heterocycles. The molecule has 0 radical (unpaired) electrons. The number of anilines is 1. The van der Waals surface area contributed by atoms with Crippen LogP contribution in [0.25, 0.3) is 0 Å². The third-order valence-electron chi connectivity index (χ3n) is 6.09. The van der Waals surface area contributed by atoms with Crippen LogP contribution in [0.2, 0.25) is 0 Å². The Morgan fingerprint density at radius 3 is 2.30 bits per heavy atom. The van der Waals surface area contributed by atoms with Crippen molar-refractivity contribution in [1.29, 1.82) is 0 Å². The van der Waals surface area contributed by atoms with Crippen molar-refractivity contribution in [1.82, 2.24) is 9.62 Å². The lowest BCUT2D eigenvalue weighted by Gasteiger charge is -2.20. The molecule has 4 rings (SSSR count). The highest BCUT2D eigenvalue weighted by Gasteiger charge is 2.25. The van der Waals surface area contributed by atoms with Crippen LogP contribution in [0.5, 0.6) is 0 Å². The lowest BCUT2D eigenvalue weighted by molar-refractivity contribution is -0.116. The number of carbonyl (C=O) groups is 2. The molecule has 2 fully saturated rings. The summed E-state index contributed by atoms with van der Waals surface area (Å²) in [6.45, 7) is 1.15. The van der Waals surface area contributed by atoms with E-state index in [0.29, 0.717) is 35.7 Å². The predicted octanol–water partition coefficient (Wildman–Crippen LogP) is 3.71. The molecule has 7 nitrogen and oxygen atoms in total. The normalized spacial score (nSPS) is 17.2. The Morgan fingerprint density at radius 1 is 0.939 bits per heavy atom. The number of sulfonamides is 1. The van der Waals surface area contributed by atoms with Gasteiger partial charge in [0.05, 0.1) is 4.90 Å². The summed E-state index contributed by atoms with van der Waals surface area (Å²) in [7, 11) is -3.47. The Kier molecular flexibility index (Phi) is 7.45.